The number of ketones is 1. The topological polar surface area (TPSA) is 75.7 Å². The van der Waals surface area contributed by atoms with Gasteiger partial charge in [-0.05, 0) is 99.1 Å². The average molecular weight is 628 g/mol. The van der Waals surface area contributed by atoms with Crippen LogP contribution in [0.3, 0.4) is 0 Å². The molecule has 3 aromatic rings. The van der Waals surface area contributed by atoms with Gasteiger partial charge in [0, 0.05) is 25.5 Å². The van der Waals surface area contributed by atoms with Crippen molar-refractivity contribution in [1.29, 1.82) is 0 Å². The normalized spacial score (nSPS) is 25.3. The van der Waals surface area contributed by atoms with Gasteiger partial charge in [-0.25, -0.2) is 0 Å². The van der Waals surface area contributed by atoms with Gasteiger partial charge in [0.2, 0.25) is 0 Å². The first kappa shape index (κ1) is 31.0. The van der Waals surface area contributed by atoms with Crippen molar-refractivity contribution in [2.45, 2.75) is 82.4 Å². The summed E-state index contributed by atoms with van der Waals surface area (Å²) in [5, 5.41) is 0. The number of rotatable bonds is 10. The van der Waals surface area contributed by atoms with E-state index in [1.54, 1.807) is 0 Å². The Morgan fingerprint density at radius 1 is 0.674 bits per heavy atom. The predicted octanol–water partition coefficient (Wildman–Crippen LogP) is 7.46. The third-order valence-electron chi connectivity index (χ3n) is 9.44. The minimum Gasteiger partial charge on any atom is -0.492 e. The third-order valence-corrected chi connectivity index (χ3v) is 9.44. The summed E-state index contributed by atoms with van der Waals surface area (Å²) in [6, 6.07) is 21.3. The Morgan fingerprint density at radius 2 is 1.30 bits per heavy atom. The summed E-state index contributed by atoms with van der Waals surface area (Å²) in [5.41, 5.74) is 2.33. The number of Topliss-reactive ketones (excluding diaryl/α,β-unsaturated/α-hetero) is 1. The third kappa shape index (κ3) is 7.51. The first-order valence-electron chi connectivity index (χ1n) is 17.2. The number of nitrogens with zero attached hydrogens (tertiary/aromatic N) is 1. The van der Waals surface area contributed by atoms with E-state index in [9.17, 15) is 4.79 Å². The maximum atomic E-state index is 14.2. The molecule has 4 aliphatic rings. The number of ether oxygens (including phenoxy) is 6. The maximum absolute atomic E-state index is 14.2. The fourth-order valence-electron chi connectivity index (χ4n) is 6.87. The van der Waals surface area contributed by atoms with E-state index in [4.69, 9.17) is 28.4 Å². The highest BCUT2D eigenvalue weighted by molar-refractivity contribution is 6.05. The van der Waals surface area contributed by atoms with Gasteiger partial charge in [0.25, 0.3) is 0 Å². The van der Waals surface area contributed by atoms with Gasteiger partial charge < -0.3 is 28.4 Å². The van der Waals surface area contributed by atoms with Crippen LogP contribution in [0.25, 0.3) is 0 Å². The van der Waals surface area contributed by atoms with Crippen molar-refractivity contribution >= 4 is 5.78 Å². The monoisotopic (exact) mass is 627 g/mol. The highest BCUT2D eigenvalue weighted by atomic mass is 16.7. The quantitative estimate of drug-likeness (QED) is 0.229. The Balaban J connectivity index is 1.11. The van der Waals surface area contributed by atoms with E-state index < -0.39 is 12.0 Å². The molecule has 0 N–H and O–H groups in total. The first-order valence-corrected chi connectivity index (χ1v) is 17.2. The largest absolute Gasteiger partial charge is 0.492 e. The summed E-state index contributed by atoms with van der Waals surface area (Å²) in [5.74, 6) is 2.18. The fraction of sp³-hybridized carbons (Fsp3) is 0.500. The lowest BCUT2D eigenvalue weighted by molar-refractivity contribution is -0.106. The van der Waals surface area contributed by atoms with E-state index >= 15 is 0 Å². The molecule has 0 bridgehead atoms. The number of hydrogen-bond acceptors (Lipinski definition) is 8. The van der Waals surface area contributed by atoms with Gasteiger partial charge in [-0.1, -0.05) is 30.7 Å². The molecule has 4 heterocycles. The molecule has 4 atom stereocenters. The van der Waals surface area contributed by atoms with Crippen LogP contribution in [0.1, 0.15) is 91.3 Å². The van der Waals surface area contributed by atoms with Crippen molar-refractivity contribution in [3.63, 3.8) is 0 Å². The molecule has 0 radical (unpaired) electrons. The van der Waals surface area contributed by atoms with Crippen LogP contribution < -0.4 is 18.9 Å². The van der Waals surface area contributed by atoms with Gasteiger partial charge in [-0.15, -0.1) is 0 Å². The van der Waals surface area contributed by atoms with Crippen molar-refractivity contribution in [1.82, 2.24) is 4.90 Å². The van der Waals surface area contributed by atoms with E-state index in [0.717, 1.165) is 87.4 Å². The van der Waals surface area contributed by atoms with E-state index in [2.05, 4.69) is 4.90 Å². The van der Waals surface area contributed by atoms with Crippen LogP contribution in [-0.2, 0) is 9.47 Å². The second-order valence-corrected chi connectivity index (χ2v) is 12.8. The lowest BCUT2D eigenvalue weighted by Crippen LogP contribution is -2.33. The summed E-state index contributed by atoms with van der Waals surface area (Å²) in [6.45, 7) is 5.32. The van der Waals surface area contributed by atoms with E-state index in [1.807, 2.05) is 66.7 Å². The van der Waals surface area contributed by atoms with Crippen LogP contribution in [0.4, 0.5) is 0 Å². The Hall–Kier alpha value is -3.59. The number of benzene rings is 3. The average Bonchev–Trinajstić information content (AvgIpc) is 3.10. The Morgan fingerprint density at radius 3 is 1.98 bits per heavy atom. The number of carbonyl (C=O) groups excluding carboxylic acids is 1. The van der Waals surface area contributed by atoms with Gasteiger partial charge in [0.05, 0.1) is 24.7 Å². The van der Waals surface area contributed by atoms with Gasteiger partial charge in [-0.2, -0.15) is 0 Å². The first-order chi connectivity index (χ1) is 22.7. The standard InChI is InChI=1S/C38H45NO7/c40-37-32-19-18-31(45-35-9-3-7-24-43-35)26-33(32)46-38(28-12-14-29(15-13-28)41-25-22-39-20-4-1-5-21-39)36(37)27-10-16-30(17-11-27)44-34-8-2-6-23-42-34/h10-19,26,34-36,38H,1-9,20-25H2/t34?,35?,36-,38-/m1/s1. The van der Waals surface area contributed by atoms with E-state index in [0.29, 0.717) is 30.3 Å². The highest BCUT2D eigenvalue weighted by Crippen LogP contribution is 2.45. The van der Waals surface area contributed by atoms with E-state index in [1.165, 1.54) is 19.3 Å². The van der Waals surface area contributed by atoms with Gasteiger partial charge >= 0.3 is 0 Å². The Labute approximate surface area is 271 Å². The molecule has 3 fully saturated rings. The zero-order valence-corrected chi connectivity index (χ0v) is 26.6. The van der Waals surface area contributed by atoms with E-state index in [-0.39, 0.29) is 18.4 Å². The summed E-state index contributed by atoms with van der Waals surface area (Å²) >= 11 is 0. The van der Waals surface area contributed by atoms with Gasteiger partial charge in [-0.3, -0.25) is 9.69 Å². The second kappa shape index (κ2) is 14.9. The van der Waals surface area contributed by atoms with Crippen LogP contribution in [0.2, 0.25) is 0 Å². The Bertz CT molecular complexity index is 1420. The highest BCUT2D eigenvalue weighted by Gasteiger charge is 2.40. The molecule has 3 saturated heterocycles. The SMILES string of the molecule is O=C1c2ccc(OC3CCCCO3)cc2O[C@H](c2ccc(OCCN3CCCCC3)cc2)[C@@H]1c1ccc(OC2CCCCO2)cc1. The van der Waals surface area contributed by atoms with Crippen molar-refractivity contribution in [2.24, 2.45) is 0 Å². The molecule has 3 aromatic carbocycles. The molecule has 0 saturated carbocycles. The fourth-order valence-corrected chi connectivity index (χ4v) is 6.87. The Kier molecular flexibility index (Phi) is 10.0. The molecule has 0 aliphatic carbocycles. The number of hydrogen-bond donors (Lipinski definition) is 0. The molecular formula is C38H45NO7. The van der Waals surface area contributed by atoms with Crippen LogP contribution in [0.15, 0.2) is 66.7 Å². The van der Waals surface area contributed by atoms with Crippen molar-refractivity contribution in [3.05, 3.63) is 83.4 Å². The minimum atomic E-state index is -0.535. The summed E-state index contributed by atoms with van der Waals surface area (Å²) in [6.07, 6.45) is 8.85. The summed E-state index contributed by atoms with van der Waals surface area (Å²) < 4.78 is 36.5. The molecule has 4 aliphatic heterocycles. The van der Waals surface area contributed by atoms with Crippen molar-refractivity contribution in [3.8, 4) is 23.0 Å². The summed E-state index contributed by atoms with van der Waals surface area (Å²) in [7, 11) is 0. The number of fused-ring (bicyclic) bond motifs is 1. The van der Waals surface area contributed by atoms with Crippen LogP contribution in [0, 0.1) is 0 Å². The second-order valence-electron chi connectivity index (χ2n) is 12.8. The van der Waals surface area contributed by atoms with Gasteiger partial charge in [0.15, 0.2) is 18.4 Å². The molecular weight excluding hydrogens is 582 g/mol. The molecule has 8 heteroatoms. The number of likely N-dealkylation sites (tertiary alicyclic amines) is 1. The van der Waals surface area contributed by atoms with Crippen molar-refractivity contribution < 1.29 is 33.2 Å². The molecule has 0 amide bonds. The molecule has 0 spiro atoms. The van der Waals surface area contributed by atoms with Crippen LogP contribution >= 0.6 is 0 Å². The zero-order valence-electron chi connectivity index (χ0n) is 26.6. The molecule has 244 valence electrons. The smallest absolute Gasteiger partial charge is 0.199 e. The van der Waals surface area contributed by atoms with Gasteiger partial charge in [0.1, 0.15) is 35.7 Å². The zero-order chi connectivity index (χ0) is 31.1. The molecule has 0 aromatic heterocycles. The van der Waals surface area contributed by atoms with Crippen LogP contribution in [0.5, 0.6) is 23.0 Å². The number of piperidine rings is 1. The maximum Gasteiger partial charge on any atom is 0.199 e. The molecule has 7 rings (SSSR count). The predicted molar refractivity (Wildman–Crippen MR) is 174 cm³/mol. The molecule has 46 heavy (non-hydrogen) atoms. The summed E-state index contributed by atoms with van der Waals surface area (Å²) in [4.78, 5) is 16.7. The van der Waals surface area contributed by atoms with Crippen LogP contribution in [-0.4, -0.2) is 62.7 Å². The lowest BCUT2D eigenvalue weighted by Gasteiger charge is -2.34. The molecule has 2 unspecified atom stereocenters. The van der Waals surface area contributed by atoms with Crippen molar-refractivity contribution in [2.75, 3.05) is 39.5 Å². The lowest BCUT2D eigenvalue weighted by atomic mass is 9.81. The minimum absolute atomic E-state index is 0.0119. The molecule has 8 nitrogen and oxygen atoms in total. The number of carbonyl (C=O) groups is 1.